The summed E-state index contributed by atoms with van der Waals surface area (Å²) in [5.41, 5.74) is -0.00536. The maximum atomic E-state index is 12.7. The van der Waals surface area contributed by atoms with E-state index in [-0.39, 0.29) is 12.1 Å². The van der Waals surface area contributed by atoms with Gasteiger partial charge >= 0.3 is 12.1 Å². The standard InChI is InChI=1S/C20H20F3NO4/c1-13(19(26)24-16-5-3-4-15(12-16)20(21,22)23)28-18(25)11-8-14-6-9-17(27-2)10-7-14/h3-7,9-10,12-13H,8,11H2,1-2H3,(H,24,26)/t13-/m0/s1. The molecule has 2 aromatic carbocycles. The molecule has 2 aromatic rings. The zero-order chi connectivity index (χ0) is 20.7. The molecule has 0 aliphatic heterocycles. The minimum absolute atomic E-state index is 0.0269. The van der Waals surface area contributed by atoms with E-state index in [1.807, 2.05) is 12.1 Å². The van der Waals surface area contributed by atoms with E-state index in [9.17, 15) is 22.8 Å². The van der Waals surface area contributed by atoms with Crippen LogP contribution in [-0.2, 0) is 26.9 Å². The van der Waals surface area contributed by atoms with Crippen molar-refractivity contribution >= 4 is 17.6 Å². The molecule has 0 fully saturated rings. The van der Waals surface area contributed by atoms with E-state index in [0.717, 1.165) is 17.7 Å². The highest BCUT2D eigenvalue weighted by Gasteiger charge is 2.30. The summed E-state index contributed by atoms with van der Waals surface area (Å²) < 4.78 is 48.2. The Morgan fingerprint density at radius 2 is 1.79 bits per heavy atom. The Balaban J connectivity index is 1.85. The van der Waals surface area contributed by atoms with Crippen molar-refractivity contribution in [2.24, 2.45) is 0 Å². The molecule has 0 bridgehead atoms. The number of nitrogens with one attached hydrogen (secondary N) is 1. The average Bonchev–Trinajstić information content (AvgIpc) is 2.66. The van der Waals surface area contributed by atoms with Gasteiger partial charge in [0.05, 0.1) is 12.7 Å². The molecule has 0 heterocycles. The van der Waals surface area contributed by atoms with Crippen LogP contribution in [-0.4, -0.2) is 25.1 Å². The molecule has 2 rings (SSSR count). The quantitative estimate of drug-likeness (QED) is 0.713. The smallest absolute Gasteiger partial charge is 0.416 e. The van der Waals surface area contributed by atoms with E-state index in [1.165, 1.54) is 19.1 Å². The number of hydrogen-bond donors (Lipinski definition) is 1. The zero-order valence-electron chi connectivity index (χ0n) is 15.4. The highest BCUT2D eigenvalue weighted by molar-refractivity contribution is 5.95. The first-order chi connectivity index (χ1) is 13.2. The van der Waals surface area contributed by atoms with Crippen LogP contribution in [0, 0.1) is 0 Å². The molecule has 8 heteroatoms. The summed E-state index contributed by atoms with van der Waals surface area (Å²) in [5.74, 6) is -0.592. The molecular weight excluding hydrogens is 375 g/mol. The summed E-state index contributed by atoms with van der Waals surface area (Å²) >= 11 is 0. The third-order valence-electron chi connectivity index (χ3n) is 3.91. The summed E-state index contributed by atoms with van der Waals surface area (Å²) in [6, 6.07) is 11.4. The van der Waals surface area contributed by atoms with Crippen molar-refractivity contribution in [2.45, 2.75) is 32.0 Å². The molecule has 0 aromatic heterocycles. The first kappa shape index (κ1) is 21.3. The van der Waals surface area contributed by atoms with Gasteiger partial charge in [-0.2, -0.15) is 13.2 Å². The van der Waals surface area contributed by atoms with Crippen LogP contribution < -0.4 is 10.1 Å². The molecule has 1 atom stereocenters. The van der Waals surface area contributed by atoms with Gasteiger partial charge in [-0.15, -0.1) is 0 Å². The predicted molar refractivity (Wildman–Crippen MR) is 96.9 cm³/mol. The van der Waals surface area contributed by atoms with Crippen molar-refractivity contribution in [2.75, 3.05) is 12.4 Å². The van der Waals surface area contributed by atoms with Crippen molar-refractivity contribution in [3.05, 3.63) is 59.7 Å². The Hall–Kier alpha value is -3.03. The second-order valence-corrected chi connectivity index (χ2v) is 6.05. The lowest BCUT2D eigenvalue weighted by Crippen LogP contribution is -2.30. The lowest BCUT2D eigenvalue weighted by Gasteiger charge is -2.14. The topological polar surface area (TPSA) is 64.6 Å². The Morgan fingerprint density at radius 3 is 2.39 bits per heavy atom. The van der Waals surface area contributed by atoms with Crippen molar-refractivity contribution in [3.8, 4) is 5.75 Å². The van der Waals surface area contributed by atoms with Gasteiger partial charge in [0, 0.05) is 12.1 Å². The summed E-state index contributed by atoms with van der Waals surface area (Å²) in [6.07, 6.45) is -5.17. The van der Waals surface area contributed by atoms with Crippen LogP contribution in [0.15, 0.2) is 48.5 Å². The average molecular weight is 395 g/mol. The Bertz CT molecular complexity index is 819. The largest absolute Gasteiger partial charge is 0.497 e. The summed E-state index contributed by atoms with van der Waals surface area (Å²) in [4.78, 5) is 24.0. The van der Waals surface area contributed by atoms with E-state index >= 15 is 0 Å². The number of benzene rings is 2. The third-order valence-corrected chi connectivity index (χ3v) is 3.91. The Labute approximate surface area is 160 Å². The predicted octanol–water partition coefficient (Wildman–Crippen LogP) is 4.22. The van der Waals surface area contributed by atoms with E-state index in [4.69, 9.17) is 9.47 Å². The number of amides is 1. The number of alkyl halides is 3. The fourth-order valence-electron chi connectivity index (χ4n) is 2.37. The second kappa shape index (κ2) is 9.25. The van der Waals surface area contributed by atoms with Crippen molar-refractivity contribution in [1.82, 2.24) is 0 Å². The molecule has 0 radical (unpaired) electrons. The van der Waals surface area contributed by atoms with Gasteiger partial charge in [-0.1, -0.05) is 18.2 Å². The van der Waals surface area contributed by atoms with Gasteiger partial charge in [0.2, 0.25) is 0 Å². The lowest BCUT2D eigenvalue weighted by molar-refractivity contribution is -0.153. The van der Waals surface area contributed by atoms with E-state index < -0.39 is 29.7 Å². The van der Waals surface area contributed by atoms with E-state index in [2.05, 4.69) is 5.32 Å². The highest BCUT2D eigenvalue weighted by Crippen LogP contribution is 2.30. The molecule has 0 aliphatic carbocycles. The van der Waals surface area contributed by atoms with Crippen LogP contribution in [0.2, 0.25) is 0 Å². The third kappa shape index (κ3) is 6.29. The van der Waals surface area contributed by atoms with Gasteiger partial charge in [-0.05, 0) is 49.2 Å². The fourth-order valence-corrected chi connectivity index (χ4v) is 2.37. The number of anilines is 1. The van der Waals surface area contributed by atoms with Gasteiger partial charge in [-0.25, -0.2) is 0 Å². The fraction of sp³-hybridized carbons (Fsp3) is 0.300. The van der Waals surface area contributed by atoms with Crippen LogP contribution in [0.3, 0.4) is 0 Å². The molecule has 0 saturated heterocycles. The summed E-state index contributed by atoms with van der Waals surface area (Å²) in [7, 11) is 1.55. The first-order valence-corrected chi connectivity index (χ1v) is 8.49. The molecule has 150 valence electrons. The van der Waals surface area contributed by atoms with Crippen LogP contribution in [0.25, 0.3) is 0 Å². The number of carbonyl (C=O) groups is 2. The first-order valence-electron chi connectivity index (χ1n) is 8.49. The maximum absolute atomic E-state index is 12.7. The molecule has 0 spiro atoms. The van der Waals surface area contributed by atoms with Crippen molar-refractivity contribution < 1.29 is 32.2 Å². The van der Waals surface area contributed by atoms with Crippen LogP contribution in [0.5, 0.6) is 5.75 Å². The van der Waals surface area contributed by atoms with Gasteiger partial charge in [0.1, 0.15) is 5.75 Å². The van der Waals surface area contributed by atoms with Crippen LogP contribution >= 0.6 is 0 Å². The summed E-state index contributed by atoms with van der Waals surface area (Å²) in [5, 5.41) is 2.32. The highest BCUT2D eigenvalue weighted by atomic mass is 19.4. The number of rotatable bonds is 7. The van der Waals surface area contributed by atoms with E-state index in [0.29, 0.717) is 12.2 Å². The van der Waals surface area contributed by atoms with Gasteiger partial charge in [0.25, 0.3) is 5.91 Å². The second-order valence-electron chi connectivity index (χ2n) is 6.05. The number of hydrogen-bond acceptors (Lipinski definition) is 4. The van der Waals surface area contributed by atoms with Crippen molar-refractivity contribution in [1.29, 1.82) is 0 Å². The number of ether oxygens (including phenoxy) is 2. The van der Waals surface area contributed by atoms with Crippen LogP contribution in [0.4, 0.5) is 18.9 Å². The number of methoxy groups -OCH3 is 1. The van der Waals surface area contributed by atoms with Gasteiger partial charge < -0.3 is 14.8 Å². The Kier molecular flexibility index (Phi) is 7.03. The molecule has 0 saturated carbocycles. The maximum Gasteiger partial charge on any atom is 0.416 e. The SMILES string of the molecule is COc1ccc(CCC(=O)O[C@@H](C)C(=O)Nc2cccc(C(F)(F)F)c2)cc1. The number of halogens is 3. The molecule has 0 unspecified atom stereocenters. The monoisotopic (exact) mass is 395 g/mol. The zero-order valence-corrected chi connectivity index (χ0v) is 15.4. The molecule has 5 nitrogen and oxygen atoms in total. The molecule has 28 heavy (non-hydrogen) atoms. The number of esters is 1. The summed E-state index contributed by atoms with van der Waals surface area (Å²) in [6.45, 7) is 1.36. The molecule has 1 N–H and O–H groups in total. The minimum atomic E-state index is -4.51. The molecule has 0 aliphatic rings. The molecule has 1 amide bonds. The van der Waals surface area contributed by atoms with Crippen molar-refractivity contribution in [3.63, 3.8) is 0 Å². The minimum Gasteiger partial charge on any atom is -0.497 e. The van der Waals surface area contributed by atoms with E-state index in [1.54, 1.807) is 19.2 Å². The van der Waals surface area contributed by atoms with Gasteiger partial charge in [-0.3, -0.25) is 9.59 Å². The number of carbonyl (C=O) groups excluding carboxylic acids is 2. The lowest BCUT2D eigenvalue weighted by atomic mass is 10.1. The Morgan fingerprint density at radius 1 is 1.11 bits per heavy atom. The number of aryl methyl sites for hydroxylation is 1. The van der Waals surface area contributed by atoms with Gasteiger partial charge in [0.15, 0.2) is 6.10 Å². The molecular formula is C20H20F3NO4. The normalized spacial score (nSPS) is 12.2. The van der Waals surface area contributed by atoms with Crippen LogP contribution in [0.1, 0.15) is 24.5 Å².